The number of carbonyl (C=O) groups is 1. The van der Waals surface area contributed by atoms with Crippen molar-refractivity contribution in [2.75, 3.05) is 19.7 Å². The summed E-state index contributed by atoms with van der Waals surface area (Å²) < 4.78 is 4.74. The summed E-state index contributed by atoms with van der Waals surface area (Å²) in [6.07, 6.45) is 0.321. The van der Waals surface area contributed by atoms with Gasteiger partial charge in [0, 0.05) is 6.54 Å². The average Bonchev–Trinajstić information content (AvgIpc) is 2.29. The zero-order chi connectivity index (χ0) is 9.19. The van der Waals surface area contributed by atoms with Crippen LogP contribution in [-0.2, 0) is 4.74 Å². The molecule has 1 amide bonds. The quantitative estimate of drug-likeness (QED) is 0.680. The molecule has 1 rings (SSSR count). The predicted octanol–water partition coefficient (Wildman–Crippen LogP) is 0.600. The molecular formula is C8H15NO3. The van der Waals surface area contributed by atoms with Gasteiger partial charge in [-0.25, -0.2) is 4.79 Å². The Morgan fingerprint density at radius 1 is 1.67 bits per heavy atom. The molecule has 0 spiro atoms. The maximum atomic E-state index is 10.9. The number of cyclic esters (lactones) is 1. The van der Waals surface area contributed by atoms with E-state index in [1.54, 1.807) is 18.7 Å². The zero-order valence-electron chi connectivity index (χ0n) is 7.54. The van der Waals surface area contributed by atoms with Crippen molar-refractivity contribution in [3.8, 4) is 0 Å². The number of aliphatic hydroxyl groups is 1. The van der Waals surface area contributed by atoms with Crippen molar-refractivity contribution < 1.29 is 14.6 Å². The van der Waals surface area contributed by atoms with Crippen molar-refractivity contribution in [1.29, 1.82) is 0 Å². The summed E-state index contributed by atoms with van der Waals surface area (Å²) >= 11 is 0. The minimum absolute atomic E-state index is 0.265. The van der Waals surface area contributed by atoms with E-state index in [2.05, 4.69) is 0 Å². The molecule has 0 bridgehead atoms. The molecule has 1 saturated heterocycles. The fourth-order valence-corrected chi connectivity index (χ4v) is 1.04. The van der Waals surface area contributed by atoms with E-state index in [1.807, 2.05) is 0 Å². The van der Waals surface area contributed by atoms with Gasteiger partial charge in [-0.05, 0) is 20.3 Å². The lowest BCUT2D eigenvalue weighted by Gasteiger charge is -2.20. The molecule has 0 radical (unpaired) electrons. The average molecular weight is 173 g/mol. The zero-order valence-corrected chi connectivity index (χ0v) is 7.54. The van der Waals surface area contributed by atoms with Crippen LogP contribution in [0.5, 0.6) is 0 Å². The molecule has 0 atom stereocenters. The highest BCUT2D eigenvalue weighted by molar-refractivity contribution is 5.69. The normalized spacial score (nSPS) is 18.2. The molecule has 0 saturated carbocycles. The van der Waals surface area contributed by atoms with Gasteiger partial charge in [-0.1, -0.05) is 0 Å². The van der Waals surface area contributed by atoms with Gasteiger partial charge in [0.25, 0.3) is 0 Å². The first-order chi connectivity index (χ1) is 5.49. The van der Waals surface area contributed by atoms with E-state index >= 15 is 0 Å². The molecule has 0 unspecified atom stereocenters. The summed E-state index contributed by atoms with van der Waals surface area (Å²) in [5, 5.41) is 9.39. The summed E-state index contributed by atoms with van der Waals surface area (Å²) in [6.45, 7) is 5.16. The van der Waals surface area contributed by atoms with Crippen molar-refractivity contribution in [2.45, 2.75) is 25.9 Å². The van der Waals surface area contributed by atoms with E-state index in [1.165, 1.54) is 0 Å². The van der Waals surface area contributed by atoms with Gasteiger partial charge < -0.3 is 14.7 Å². The monoisotopic (exact) mass is 173 g/mol. The minimum atomic E-state index is -0.705. The number of carbonyl (C=O) groups excluding carboxylic acids is 1. The van der Waals surface area contributed by atoms with Crippen molar-refractivity contribution in [1.82, 2.24) is 4.90 Å². The maximum Gasteiger partial charge on any atom is 0.409 e. The number of nitrogens with zero attached hydrogens (tertiary/aromatic N) is 1. The van der Waals surface area contributed by atoms with E-state index < -0.39 is 5.60 Å². The SMILES string of the molecule is CC(C)(O)CCN1CCOC1=O. The molecule has 1 aliphatic rings. The lowest BCUT2D eigenvalue weighted by molar-refractivity contribution is 0.0624. The molecule has 1 fully saturated rings. The van der Waals surface area contributed by atoms with Crippen LogP contribution < -0.4 is 0 Å². The lowest BCUT2D eigenvalue weighted by Crippen LogP contribution is -2.31. The highest BCUT2D eigenvalue weighted by Crippen LogP contribution is 2.11. The second-order valence-corrected chi connectivity index (χ2v) is 3.66. The van der Waals surface area contributed by atoms with Crippen molar-refractivity contribution in [3.05, 3.63) is 0 Å². The molecule has 4 nitrogen and oxygen atoms in total. The topological polar surface area (TPSA) is 49.8 Å². The molecule has 1 aliphatic heterocycles. The number of hydrogen-bond donors (Lipinski definition) is 1. The molecule has 1 N–H and O–H groups in total. The predicted molar refractivity (Wildman–Crippen MR) is 43.8 cm³/mol. The van der Waals surface area contributed by atoms with Crippen LogP contribution in [0, 0.1) is 0 Å². The second kappa shape index (κ2) is 3.31. The smallest absolute Gasteiger partial charge is 0.409 e. The first kappa shape index (κ1) is 9.32. The Balaban J connectivity index is 2.27. The highest BCUT2D eigenvalue weighted by Gasteiger charge is 2.23. The molecule has 0 aliphatic carbocycles. The maximum absolute atomic E-state index is 10.9. The van der Waals surface area contributed by atoms with Crippen molar-refractivity contribution in [3.63, 3.8) is 0 Å². The van der Waals surface area contributed by atoms with Crippen LogP contribution in [0.4, 0.5) is 4.79 Å². The number of rotatable bonds is 3. The fraction of sp³-hybridized carbons (Fsp3) is 0.875. The van der Waals surface area contributed by atoms with Crippen LogP contribution >= 0.6 is 0 Å². The van der Waals surface area contributed by atoms with E-state index in [4.69, 9.17) is 4.74 Å². The number of ether oxygens (including phenoxy) is 1. The molecule has 0 aromatic heterocycles. The van der Waals surface area contributed by atoms with Gasteiger partial charge in [-0.15, -0.1) is 0 Å². The van der Waals surface area contributed by atoms with Gasteiger partial charge in [-0.2, -0.15) is 0 Å². The Morgan fingerprint density at radius 2 is 2.33 bits per heavy atom. The largest absolute Gasteiger partial charge is 0.448 e. The first-order valence-corrected chi connectivity index (χ1v) is 4.13. The molecule has 0 aromatic carbocycles. The molecule has 1 heterocycles. The van der Waals surface area contributed by atoms with Gasteiger partial charge in [0.2, 0.25) is 0 Å². The third-order valence-corrected chi connectivity index (χ3v) is 1.84. The Morgan fingerprint density at radius 3 is 2.75 bits per heavy atom. The Labute approximate surface area is 72.1 Å². The van der Waals surface area contributed by atoms with E-state index in [-0.39, 0.29) is 6.09 Å². The van der Waals surface area contributed by atoms with Crippen LogP contribution in [0.25, 0.3) is 0 Å². The second-order valence-electron chi connectivity index (χ2n) is 3.66. The van der Waals surface area contributed by atoms with E-state index in [0.29, 0.717) is 26.1 Å². The Bertz CT molecular complexity index is 174. The third-order valence-electron chi connectivity index (χ3n) is 1.84. The first-order valence-electron chi connectivity index (χ1n) is 4.13. The van der Waals surface area contributed by atoms with E-state index in [9.17, 15) is 9.90 Å². The number of hydrogen-bond acceptors (Lipinski definition) is 3. The Hall–Kier alpha value is -0.770. The van der Waals surface area contributed by atoms with Crippen LogP contribution in [0.3, 0.4) is 0 Å². The van der Waals surface area contributed by atoms with Crippen LogP contribution in [0.2, 0.25) is 0 Å². The van der Waals surface area contributed by atoms with Crippen molar-refractivity contribution >= 4 is 6.09 Å². The molecule has 4 heteroatoms. The molecule has 70 valence electrons. The van der Waals surface area contributed by atoms with Gasteiger partial charge in [0.05, 0.1) is 12.1 Å². The van der Waals surface area contributed by atoms with Gasteiger partial charge >= 0.3 is 6.09 Å². The highest BCUT2D eigenvalue weighted by atomic mass is 16.6. The molecule has 12 heavy (non-hydrogen) atoms. The Kier molecular flexibility index (Phi) is 2.57. The van der Waals surface area contributed by atoms with Crippen LogP contribution in [0.15, 0.2) is 0 Å². The van der Waals surface area contributed by atoms with Crippen LogP contribution in [-0.4, -0.2) is 41.4 Å². The third kappa shape index (κ3) is 2.70. The molecular weight excluding hydrogens is 158 g/mol. The number of amides is 1. The lowest BCUT2D eigenvalue weighted by atomic mass is 10.1. The summed E-state index contributed by atoms with van der Waals surface area (Å²) in [5.74, 6) is 0. The summed E-state index contributed by atoms with van der Waals surface area (Å²) in [5.41, 5.74) is -0.705. The summed E-state index contributed by atoms with van der Waals surface area (Å²) in [7, 11) is 0. The summed E-state index contributed by atoms with van der Waals surface area (Å²) in [4.78, 5) is 12.5. The van der Waals surface area contributed by atoms with Gasteiger partial charge in [0.15, 0.2) is 0 Å². The minimum Gasteiger partial charge on any atom is -0.448 e. The summed E-state index contributed by atoms with van der Waals surface area (Å²) in [6, 6.07) is 0. The van der Waals surface area contributed by atoms with E-state index in [0.717, 1.165) is 0 Å². The van der Waals surface area contributed by atoms with Gasteiger partial charge in [0.1, 0.15) is 6.61 Å². The van der Waals surface area contributed by atoms with Crippen molar-refractivity contribution in [2.24, 2.45) is 0 Å². The fourth-order valence-electron chi connectivity index (χ4n) is 1.04. The van der Waals surface area contributed by atoms with Crippen LogP contribution in [0.1, 0.15) is 20.3 Å². The molecule has 0 aromatic rings. The standard InChI is InChI=1S/C8H15NO3/c1-8(2,11)3-4-9-5-6-12-7(9)10/h11H,3-6H2,1-2H3. The van der Waals surface area contributed by atoms with Gasteiger partial charge in [-0.3, -0.25) is 0 Å².